The Labute approximate surface area is 158 Å². The molecule has 3 rings (SSSR count). The molecule has 1 heterocycles. The number of fused-ring (bicyclic) bond motifs is 1. The van der Waals surface area contributed by atoms with Crippen molar-refractivity contribution in [2.75, 3.05) is 0 Å². The van der Waals surface area contributed by atoms with Crippen LogP contribution in [0.1, 0.15) is 42.8 Å². The molecule has 5 N–H and O–H groups in total. The lowest BCUT2D eigenvalue weighted by atomic mass is 9.76. The number of H-pyrrole nitrogens is 1. The largest absolute Gasteiger partial charge is 0.389 e. The summed E-state index contributed by atoms with van der Waals surface area (Å²) in [6, 6.07) is 5.93. The topological polar surface area (TPSA) is 136 Å². The number of hydrogen-bond acceptors (Lipinski definition) is 6. The van der Waals surface area contributed by atoms with Crippen LogP contribution in [0.3, 0.4) is 0 Å². The van der Waals surface area contributed by atoms with Crippen LogP contribution in [-0.4, -0.2) is 24.5 Å². The number of nitrogens with two attached hydrogens (primary N) is 2. The molecule has 144 valence electrons. The van der Waals surface area contributed by atoms with E-state index in [0.717, 1.165) is 30.5 Å². The molecule has 9 heteroatoms. The third kappa shape index (κ3) is 4.10. The Morgan fingerprint density at radius 2 is 2.00 bits per heavy atom. The van der Waals surface area contributed by atoms with E-state index in [2.05, 4.69) is 35.6 Å². The van der Waals surface area contributed by atoms with E-state index in [4.69, 9.17) is 15.9 Å². The zero-order valence-electron chi connectivity index (χ0n) is 15.3. The molecule has 1 aromatic carbocycles. The van der Waals surface area contributed by atoms with Gasteiger partial charge in [0.1, 0.15) is 0 Å². The van der Waals surface area contributed by atoms with Crippen LogP contribution >= 0.6 is 0 Å². The minimum Gasteiger partial charge on any atom is -0.389 e. The van der Waals surface area contributed by atoms with Crippen LogP contribution in [0.5, 0.6) is 0 Å². The summed E-state index contributed by atoms with van der Waals surface area (Å²) in [6.07, 6.45) is 2.77. The lowest BCUT2D eigenvalue weighted by Gasteiger charge is -2.28. The summed E-state index contributed by atoms with van der Waals surface area (Å²) in [7, 11) is -3.75. The summed E-state index contributed by atoms with van der Waals surface area (Å²) in [5.74, 6) is 5.60. The van der Waals surface area contributed by atoms with E-state index in [1.807, 2.05) is 0 Å². The number of nitrogens with one attached hydrogen (secondary N) is 1. The minimum absolute atomic E-state index is 0.0160. The second kappa shape index (κ2) is 6.91. The highest BCUT2D eigenvalue weighted by atomic mass is 32.2. The van der Waals surface area contributed by atoms with E-state index < -0.39 is 10.0 Å². The van der Waals surface area contributed by atoms with Crippen LogP contribution in [0, 0.1) is 5.41 Å². The summed E-state index contributed by atoms with van der Waals surface area (Å²) in [4.78, 5) is 9.35. The quantitative estimate of drug-likeness (QED) is 0.416. The van der Waals surface area contributed by atoms with Crippen molar-refractivity contribution in [3.8, 4) is 0 Å². The van der Waals surface area contributed by atoms with Gasteiger partial charge in [0.15, 0.2) is 5.69 Å². The van der Waals surface area contributed by atoms with Gasteiger partial charge in [-0.1, -0.05) is 32.6 Å². The molecule has 0 amide bonds. The highest BCUT2D eigenvalue weighted by Gasteiger charge is 2.30. The number of aromatic nitrogens is 2. The molecular weight excluding hydrogens is 366 g/mol. The minimum atomic E-state index is -3.75. The Balaban J connectivity index is 1.89. The predicted molar refractivity (Wildman–Crippen MR) is 103 cm³/mol. The van der Waals surface area contributed by atoms with Crippen molar-refractivity contribution in [3.63, 3.8) is 0 Å². The Kier molecular flexibility index (Phi) is 4.94. The number of nitrogens with zero attached hydrogens (tertiary/aromatic N) is 2. The average molecular weight is 389 g/mol. The molecule has 1 aliphatic carbocycles. The van der Waals surface area contributed by atoms with Gasteiger partial charge in [-0.25, -0.2) is 18.5 Å². The first kappa shape index (κ1) is 19.3. The van der Waals surface area contributed by atoms with Crippen LogP contribution in [0.2, 0.25) is 0 Å². The Morgan fingerprint density at radius 1 is 1.33 bits per heavy atom. The molecular formula is C18H23N5O3S. The standard InChI is InChI=1S/C18H23N5O3S/c1-11(12-4-6-13(7-5-12)27(20,24)25)21-17(26-19)16-14-8-9-18(2,3)10-15(14)22-23-16/h4-7H,1,8-10,19H2,2-3H3,(H,22,23)(H2,20,24,25). The maximum absolute atomic E-state index is 11.4. The lowest BCUT2D eigenvalue weighted by Crippen LogP contribution is -2.23. The number of rotatable bonds is 4. The van der Waals surface area contributed by atoms with Gasteiger partial charge in [-0.3, -0.25) is 5.10 Å². The van der Waals surface area contributed by atoms with Crippen LogP contribution in [-0.2, 0) is 27.7 Å². The number of hydrogen-bond donors (Lipinski definition) is 3. The van der Waals surface area contributed by atoms with Crippen molar-refractivity contribution in [3.05, 3.63) is 53.4 Å². The number of primary sulfonamides is 1. The number of aliphatic imine (C=N–C) groups is 1. The van der Waals surface area contributed by atoms with E-state index in [0.29, 0.717) is 17.0 Å². The van der Waals surface area contributed by atoms with Crippen LogP contribution < -0.4 is 11.0 Å². The van der Waals surface area contributed by atoms with Crippen LogP contribution in [0.15, 0.2) is 40.7 Å². The number of sulfonamides is 1. The smallest absolute Gasteiger partial charge is 0.266 e. The maximum Gasteiger partial charge on any atom is 0.266 e. The van der Waals surface area contributed by atoms with Gasteiger partial charge >= 0.3 is 0 Å². The third-order valence-electron chi connectivity index (χ3n) is 4.73. The summed E-state index contributed by atoms with van der Waals surface area (Å²) in [5.41, 5.74) is 3.88. The molecule has 0 fully saturated rings. The second-order valence-corrected chi connectivity index (χ2v) is 8.98. The van der Waals surface area contributed by atoms with Crippen LogP contribution in [0.25, 0.3) is 5.70 Å². The van der Waals surface area contributed by atoms with Gasteiger partial charge in [0.25, 0.3) is 5.90 Å². The molecule has 1 aliphatic rings. The summed E-state index contributed by atoms with van der Waals surface area (Å²) >= 11 is 0. The average Bonchev–Trinajstić information content (AvgIpc) is 3.00. The van der Waals surface area contributed by atoms with Gasteiger partial charge in [-0.2, -0.15) is 11.0 Å². The first-order valence-corrected chi connectivity index (χ1v) is 9.99. The number of aromatic amines is 1. The molecule has 0 radical (unpaired) electrons. The summed E-state index contributed by atoms with van der Waals surface area (Å²) < 4.78 is 22.7. The molecule has 1 aromatic heterocycles. The zero-order chi connectivity index (χ0) is 19.8. The SMILES string of the molecule is C=C(N=C(ON)c1n[nH]c2c1CCC(C)(C)C2)c1ccc(S(N)(=O)=O)cc1. The molecule has 0 aliphatic heterocycles. The van der Waals surface area contributed by atoms with Crippen molar-refractivity contribution in [1.82, 2.24) is 10.2 Å². The molecule has 0 saturated heterocycles. The molecule has 8 nitrogen and oxygen atoms in total. The Hall–Kier alpha value is -2.49. The van der Waals surface area contributed by atoms with Crippen LogP contribution in [0.4, 0.5) is 0 Å². The maximum atomic E-state index is 11.4. The molecule has 27 heavy (non-hydrogen) atoms. The molecule has 2 aromatic rings. The number of benzene rings is 1. The van der Waals surface area contributed by atoms with Crippen molar-refractivity contribution in [2.45, 2.75) is 38.0 Å². The monoisotopic (exact) mass is 389 g/mol. The normalized spacial score (nSPS) is 16.7. The van der Waals surface area contributed by atoms with Gasteiger partial charge < -0.3 is 4.84 Å². The van der Waals surface area contributed by atoms with E-state index in [9.17, 15) is 8.42 Å². The lowest BCUT2D eigenvalue weighted by molar-refractivity contribution is 0.309. The van der Waals surface area contributed by atoms with E-state index >= 15 is 0 Å². The zero-order valence-corrected chi connectivity index (χ0v) is 16.1. The fourth-order valence-electron chi connectivity index (χ4n) is 3.18. The fraction of sp³-hybridized carbons (Fsp3) is 0.333. The van der Waals surface area contributed by atoms with E-state index in [1.54, 1.807) is 12.1 Å². The molecule has 0 spiro atoms. The Morgan fingerprint density at radius 3 is 2.59 bits per heavy atom. The van der Waals surface area contributed by atoms with Gasteiger partial charge in [0.05, 0.1) is 10.6 Å². The highest BCUT2D eigenvalue weighted by molar-refractivity contribution is 7.89. The van der Waals surface area contributed by atoms with Crippen molar-refractivity contribution >= 4 is 21.6 Å². The van der Waals surface area contributed by atoms with E-state index in [-0.39, 0.29) is 16.2 Å². The summed E-state index contributed by atoms with van der Waals surface area (Å²) in [6.45, 7) is 8.35. The fourth-order valence-corrected chi connectivity index (χ4v) is 3.70. The van der Waals surface area contributed by atoms with Crippen molar-refractivity contribution in [2.24, 2.45) is 21.4 Å². The predicted octanol–water partition coefficient (Wildman–Crippen LogP) is 1.88. The van der Waals surface area contributed by atoms with Gasteiger partial charge in [-0.05, 0) is 42.4 Å². The van der Waals surface area contributed by atoms with Gasteiger partial charge in [-0.15, -0.1) is 0 Å². The first-order chi connectivity index (χ1) is 12.6. The third-order valence-corrected chi connectivity index (χ3v) is 5.66. The van der Waals surface area contributed by atoms with Crippen molar-refractivity contribution in [1.29, 1.82) is 0 Å². The first-order valence-electron chi connectivity index (χ1n) is 8.45. The van der Waals surface area contributed by atoms with Crippen molar-refractivity contribution < 1.29 is 13.3 Å². The van der Waals surface area contributed by atoms with Gasteiger partial charge in [0, 0.05) is 11.3 Å². The van der Waals surface area contributed by atoms with Gasteiger partial charge in [0.2, 0.25) is 10.0 Å². The highest BCUT2D eigenvalue weighted by Crippen LogP contribution is 2.35. The molecule has 0 atom stereocenters. The van der Waals surface area contributed by atoms with E-state index in [1.165, 1.54) is 12.1 Å². The molecule has 0 saturated carbocycles. The second-order valence-electron chi connectivity index (χ2n) is 7.42. The molecule has 0 bridgehead atoms. The molecule has 0 unspecified atom stereocenters. The Bertz CT molecular complexity index is 1000. The summed E-state index contributed by atoms with van der Waals surface area (Å²) in [5, 5.41) is 12.5.